The first-order valence-electron chi connectivity index (χ1n) is 6.35. The first-order valence-corrected chi connectivity index (χ1v) is 6.35. The molecule has 0 radical (unpaired) electrons. The number of benzene rings is 2. The van der Waals surface area contributed by atoms with E-state index in [-0.39, 0.29) is 6.04 Å². The summed E-state index contributed by atoms with van der Waals surface area (Å²) < 4.78 is 5.40. The summed E-state index contributed by atoms with van der Waals surface area (Å²) in [5.74, 6) is 5.54. The number of hydrogen-bond acceptors (Lipinski definition) is 3. The van der Waals surface area contributed by atoms with Gasteiger partial charge in [-0.05, 0) is 29.7 Å². The molecule has 0 aliphatic carbocycles. The molecule has 3 heteroatoms. The van der Waals surface area contributed by atoms with Gasteiger partial charge in [0.25, 0.3) is 0 Å². The molecular formula is C15H20N2O. The van der Waals surface area contributed by atoms with E-state index in [0.717, 1.165) is 13.0 Å². The highest BCUT2D eigenvalue weighted by molar-refractivity contribution is 5.82. The first-order chi connectivity index (χ1) is 8.83. The van der Waals surface area contributed by atoms with Crippen molar-refractivity contribution in [2.45, 2.75) is 19.4 Å². The summed E-state index contributed by atoms with van der Waals surface area (Å²) in [6.45, 7) is 3.35. The van der Waals surface area contributed by atoms with Crippen LogP contribution in [0.5, 0.6) is 0 Å². The molecule has 2 aromatic carbocycles. The number of hydrazine groups is 1. The molecule has 2 rings (SSSR count). The summed E-state index contributed by atoms with van der Waals surface area (Å²) >= 11 is 0. The number of rotatable bonds is 6. The molecule has 0 amide bonds. The van der Waals surface area contributed by atoms with Crippen LogP contribution in [0.2, 0.25) is 0 Å². The van der Waals surface area contributed by atoms with Crippen molar-refractivity contribution in [3.8, 4) is 0 Å². The van der Waals surface area contributed by atoms with Gasteiger partial charge in [-0.25, -0.2) is 0 Å². The second-order valence-corrected chi connectivity index (χ2v) is 4.41. The Labute approximate surface area is 108 Å². The molecule has 0 aromatic heterocycles. The third kappa shape index (κ3) is 3.29. The maximum absolute atomic E-state index is 5.54. The van der Waals surface area contributed by atoms with Gasteiger partial charge in [-0.3, -0.25) is 11.3 Å². The Hall–Kier alpha value is -1.42. The van der Waals surface area contributed by atoms with Gasteiger partial charge >= 0.3 is 0 Å². The largest absolute Gasteiger partial charge is 0.380 e. The molecule has 0 saturated carbocycles. The van der Waals surface area contributed by atoms with Crippen LogP contribution in [0.25, 0.3) is 10.8 Å². The van der Waals surface area contributed by atoms with Gasteiger partial charge in [-0.2, -0.15) is 0 Å². The van der Waals surface area contributed by atoms with Crippen LogP contribution in [0.3, 0.4) is 0 Å². The normalized spacial score (nSPS) is 12.8. The zero-order valence-corrected chi connectivity index (χ0v) is 10.7. The maximum Gasteiger partial charge on any atom is 0.0636 e. The van der Waals surface area contributed by atoms with Crippen LogP contribution in [0.1, 0.15) is 12.5 Å². The van der Waals surface area contributed by atoms with Crippen molar-refractivity contribution in [1.82, 2.24) is 5.43 Å². The summed E-state index contributed by atoms with van der Waals surface area (Å²) in [7, 11) is 0. The van der Waals surface area contributed by atoms with E-state index in [1.54, 1.807) is 0 Å². The van der Waals surface area contributed by atoms with Gasteiger partial charge in [0.05, 0.1) is 6.61 Å². The molecule has 1 atom stereocenters. The highest BCUT2D eigenvalue weighted by Crippen LogP contribution is 2.16. The fraction of sp³-hybridized carbons (Fsp3) is 0.333. The molecule has 96 valence electrons. The minimum Gasteiger partial charge on any atom is -0.380 e. The lowest BCUT2D eigenvalue weighted by molar-refractivity contribution is 0.123. The van der Waals surface area contributed by atoms with Gasteiger partial charge in [0.15, 0.2) is 0 Å². The molecule has 3 nitrogen and oxygen atoms in total. The lowest BCUT2D eigenvalue weighted by atomic mass is 10.0. The number of fused-ring (bicyclic) bond motifs is 1. The Balaban J connectivity index is 2.10. The first kappa shape index (κ1) is 13.0. The molecular weight excluding hydrogens is 224 g/mol. The van der Waals surface area contributed by atoms with Crippen LogP contribution < -0.4 is 11.3 Å². The van der Waals surface area contributed by atoms with E-state index in [1.807, 2.05) is 6.92 Å². The molecule has 0 bridgehead atoms. The Morgan fingerprint density at radius 2 is 1.94 bits per heavy atom. The number of ether oxygens (including phenoxy) is 1. The van der Waals surface area contributed by atoms with E-state index in [9.17, 15) is 0 Å². The monoisotopic (exact) mass is 244 g/mol. The summed E-state index contributed by atoms with van der Waals surface area (Å²) in [4.78, 5) is 0. The second-order valence-electron chi connectivity index (χ2n) is 4.41. The Kier molecular flexibility index (Phi) is 4.70. The predicted molar refractivity (Wildman–Crippen MR) is 75.3 cm³/mol. The lowest BCUT2D eigenvalue weighted by Gasteiger charge is -2.15. The second kappa shape index (κ2) is 6.50. The topological polar surface area (TPSA) is 47.3 Å². The van der Waals surface area contributed by atoms with Gasteiger partial charge in [0, 0.05) is 12.6 Å². The van der Waals surface area contributed by atoms with Crippen LogP contribution in [-0.2, 0) is 11.2 Å². The molecule has 0 aliphatic rings. The maximum atomic E-state index is 5.54. The van der Waals surface area contributed by atoms with Gasteiger partial charge in [0.2, 0.25) is 0 Å². The van der Waals surface area contributed by atoms with Crippen molar-refractivity contribution in [2.75, 3.05) is 13.2 Å². The van der Waals surface area contributed by atoms with Crippen molar-refractivity contribution in [1.29, 1.82) is 0 Å². The summed E-state index contributed by atoms with van der Waals surface area (Å²) in [5, 5.41) is 2.53. The van der Waals surface area contributed by atoms with E-state index >= 15 is 0 Å². The third-order valence-electron chi connectivity index (χ3n) is 3.05. The Bertz CT molecular complexity index is 499. The highest BCUT2D eigenvalue weighted by atomic mass is 16.5. The van der Waals surface area contributed by atoms with Crippen molar-refractivity contribution >= 4 is 10.8 Å². The summed E-state index contributed by atoms with van der Waals surface area (Å²) in [6, 6.07) is 15.0. The zero-order chi connectivity index (χ0) is 12.8. The lowest BCUT2D eigenvalue weighted by Crippen LogP contribution is -2.40. The number of nitrogens with two attached hydrogens (primary N) is 1. The molecule has 0 spiro atoms. The van der Waals surface area contributed by atoms with Gasteiger partial charge in [-0.15, -0.1) is 0 Å². The summed E-state index contributed by atoms with van der Waals surface area (Å²) in [5.41, 5.74) is 4.08. The standard InChI is InChI=1S/C15H20N2O/c1-2-18-11-15(17-16)10-12-7-8-13-5-3-4-6-14(13)9-12/h3-9,15,17H,2,10-11,16H2,1H3. The fourth-order valence-corrected chi connectivity index (χ4v) is 2.08. The SMILES string of the molecule is CCOCC(Cc1ccc2ccccc2c1)NN. The van der Waals surface area contributed by atoms with Crippen LogP contribution >= 0.6 is 0 Å². The number of nitrogens with one attached hydrogen (secondary N) is 1. The molecule has 0 saturated heterocycles. The minimum absolute atomic E-state index is 0.158. The zero-order valence-electron chi connectivity index (χ0n) is 10.7. The molecule has 3 N–H and O–H groups in total. The molecule has 0 heterocycles. The molecule has 0 fully saturated rings. The quantitative estimate of drug-likeness (QED) is 0.605. The van der Waals surface area contributed by atoms with E-state index in [0.29, 0.717) is 6.61 Å². The van der Waals surface area contributed by atoms with Crippen LogP contribution in [0.4, 0.5) is 0 Å². The smallest absolute Gasteiger partial charge is 0.0636 e. The van der Waals surface area contributed by atoms with Gasteiger partial charge in [0.1, 0.15) is 0 Å². The molecule has 0 aliphatic heterocycles. The molecule has 18 heavy (non-hydrogen) atoms. The predicted octanol–water partition coefficient (Wildman–Crippen LogP) is 2.25. The highest BCUT2D eigenvalue weighted by Gasteiger charge is 2.07. The average molecular weight is 244 g/mol. The Morgan fingerprint density at radius 3 is 2.67 bits per heavy atom. The van der Waals surface area contributed by atoms with Crippen LogP contribution in [0.15, 0.2) is 42.5 Å². The molecule has 1 unspecified atom stereocenters. The minimum atomic E-state index is 0.158. The van der Waals surface area contributed by atoms with E-state index in [2.05, 4.69) is 47.9 Å². The van der Waals surface area contributed by atoms with E-state index in [1.165, 1.54) is 16.3 Å². The number of hydrogen-bond donors (Lipinski definition) is 2. The van der Waals surface area contributed by atoms with Crippen molar-refractivity contribution in [3.05, 3.63) is 48.0 Å². The fourth-order valence-electron chi connectivity index (χ4n) is 2.08. The van der Waals surface area contributed by atoms with Crippen molar-refractivity contribution in [3.63, 3.8) is 0 Å². The van der Waals surface area contributed by atoms with Crippen LogP contribution in [0, 0.1) is 0 Å². The molecule has 2 aromatic rings. The van der Waals surface area contributed by atoms with Crippen molar-refractivity contribution < 1.29 is 4.74 Å². The van der Waals surface area contributed by atoms with Crippen LogP contribution in [-0.4, -0.2) is 19.3 Å². The Morgan fingerprint density at radius 1 is 1.17 bits per heavy atom. The average Bonchev–Trinajstić information content (AvgIpc) is 2.43. The third-order valence-corrected chi connectivity index (χ3v) is 3.05. The summed E-state index contributed by atoms with van der Waals surface area (Å²) in [6.07, 6.45) is 0.876. The van der Waals surface area contributed by atoms with Crippen molar-refractivity contribution in [2.24, 2.45) is 5.84 Å². The van der Waals surface area contributed by atoms with Gasteiger partial charge in [-0.1, -0.05) is 42.5 Å². The van der Waals surface area contributed by atoms with Gasteiger partial charge < -0.3 is 4.74 Å². The van der Waals surface area contributed by atoms with E-state index in [4.69, 9.17) is 10.6 Å². The van der Waals surface area contributed by atoms with E-state index < -0.39 is 0 Å².